The third-order valence-corrected chi connectivity index (χ3v) is 7.22. The molecule has 0 saturated carbocycles. The van der Waals surface area contributed by atoms with Gasteiger partial charge in [-0.25, -0.2) is 0 Å². The largest absolute Gasteiger partial charge is 0.378 e. The fraction of sp³-hybridized carbons (Fsp3) is 0.346. The van der Waals surface area contributed by atoms with Gasteiger partial charge < -0.3 is 19.9 Å². The number of aromatic nitrogens is 1. The normalized spacial score (nSPS) is 18.0. The van der Waals surface area contributed by atoms with E-state index in [-0.39, 0.29) is 34.8 Å². The molecule has 3 aromatic rings. The maximum atomic E-state index is 13.5. The number of halogens is 1. The van der Waals surface area contributed by atoms with Crippen LogP contribution in [0.5, 0.6) is 0 Å². The third-order valence-electron chi connectivity index (χ3n) is 6.76. The van der Waals surface area contributed by atoms with Crippen molar-refractivity contribution in [3.8, 4) is 0 Å². The highest BCUT2D eigenvalue weighted by Crippen LogP contribution is 2.35. The molecular weight excluding hydrogens is 542 g/mol. The van der Waals surface area contributed by atoms with E-state index in [0.717, 1.165) is 17.2 Å². The molecule has 2 aliphatic rings. The summed E-state index contributed by atoms with van der Waals surface area (Å²) in [4.78, 5) is 46.0. The summed E-state index contributed by atoms with van der Waals surface area (Å²) in [5.41, 5.74) is 0.741. The van der Waals surface area contributed by atoms with Crippen molar-refractivity contribution in [2.45, 2.75) is 18.9 Å². The Hall–Kier alpha value is -3.57. The number of morpholine rings is 1. The first kappa shape index (κ1) is 25.1. The van der Waals surface area contributed by atoms with Crippen LogP contribution in [-0.4, -0.2) is 77.0 Å². The van der Waals surface area contributed by atoms with E-state index in [1.165, 1.54) is 6.07 Å². The molecular formula is C26H26BrN5O5. The number of pyridine rings is 1. The molecule has 37 heavy (non-hydrogen) atoms. The van der Waals surface area contributed by atoms with Gasteiger partial charge in [0.15, 0.2) is 0 Å². The Morgan fingerprint density at radius 1 is 1.05 bits per heavy atom. The number of carbonyl (C=O) groups is 2. The number of nitrogens with zero attached hydrogens (tertiary/aromatic N) is 4. The van der Waals surface area contributed by atoms with Crippen molar-refractivity contribution in [2.24, 2.45) is 0 Å². The minimum atomic E-state index is -0.489. The molecule has 2 amide bonds. The van der Waals surface area contributed by atoms with Crippen LogP contribution in [0, 0.1) is 10.1 Å². The van der Waals surface area contributed by atoms with Crippen LogP contribution in [0.1, 0.15) is 33.6 Å². The van der Waals surface area contributed by atoms with E-state index in [9.17, 15) is 19.7 Å². The standard InChI is InChI=1S/C26H26BrN5O5/c27-18-12-21(25(33)30-8-10-37-11-9-30)24(23(13-18)32(35)36)29-19-5-3-7-31(16-19)26(34)22-15-28-14-17-4-1-2-6-20(17)22/h1-2,4,6,12-15,19,29H,3,5,7-11,16H2/t19-/m1/s1. The predicted molar refractivity (Wildman–Crippen MR) is 142 cm³/mol. The van der Waals surface area contributed by atoms with Crippen LogP contribution >= 0.6 is 15.9 Å². The lowest BCUT2D eigenvalue weighted by Gasteiger charge is -2.34. The second-order valence-electron chi connectivity index (χ2n) is 9.15. The molecule has 5 rings (SSSR count). The number of anilines is 1. The number of carbonyl (C=O) groups excluding carboxylic acids is 2. The van der Waals surface area contributed by atoms with Crippen LogP contribution in [0.2, 0.25) is 0 Å². The monoisotopic (exact) mass is 567 g/mol. The van der Waals surface area contributed by atoms with Crippen molar-refractivity contribution in [1.82, 2.24) is 14.8 Å². The van der Waals surface area contributed by atoms with Gasteiger partial charge in [0, 0.05) is 60.5 Å². The third kappa shape index (κ3) is 5.28. The molecule has 11 heteroatoms. The fourth-order valence-electron chi connectivity index (χ4n) is 4.93. The Bertz CT molecular complexity index is 1360. The van der Waals surface area contributed by atoms with Gasteiger partial charge in [0.1, 0.15) is 5.69 Å². The topological polar surface area (TPSA) is 118 Å². The number of nitro benzene ring substituents is 1. The number of likely N-dealkylation sites (tertiary alicyclic amines) is 1. The molecule has 2 aliphatic heterocycles. The minimum Gasteiger partial charge on any atom is -0.378 e. The van der Waals surface area contributed by atoms with Crippen molar-refractivity contribution in [1.29, 1.82) is 0 Å². The van der Waals surface area contributed by atoms with Gasteiger partial charge >= 0.3 is 0 Å². The van der Waals surface area contributed by atoms with Crippen LogP contribution < -0.4 is 5.32 Å². The van der Waals surface area contributed by atoms with Gasteiger partial charge in [-0.3, -0.25) is 24.7 Å². The molecule has 10 nitrogen and oxygen atoms in total. The predicted octanol–water partition coefficient (Wildman–Crippen LogP) is 4.09. The van der Waals surface area contributed by atoms with Gasteiger partial charge in [-0.05, 0) is 24.3 Å². The number of piperidine rings is 1. The zero-order valence-electron chi connectivity index (χ0n) is 20.1. The SMILES string of the molecule is O=C(c1cc(Br)cc([N+](=O)[O-])c1N[C@@H]1CCCN(C(=O)c2cncc3ccccc23)C1)N1CCOCC1. The van der Waals surface area contributed by atoms with Crippen molar-refractivity contribution < 1.29 is 19.2 Å². The summed E-state index contributed by atoms with van der Waals surface area (Å²) in [6.07, 6.45) is 4.74. The summed E-state index contributed by atoms with van der Waals surface area (Å²) in [6.45, 7) is 2.61. The van der Waals surface area contributed by atoms with Crippen LogP contribution in [0.15, 0.2) is 53.3 Å². The van der Waals surface area contributed by atoms with Crippen LogP contribution in [-0.2, 0) is 4.74 Å². The summed E-state index contributed by atoms with van der Waals surface area (Å²) < 4.78 is 5.80. The summed E-state index contributed by atoms with van der Waals surface area (Å²) in [6, 6.07) is 10.3. The molecule has 2 aromatic carbocycles. The number of nitro groups is 1. The molecule has 2 saturated heterocycles. The summed E-state index contributed by atoms with van der Waals surface area (Å²) in [5.74, 6) is -0.425. The van der Waals surface area contributed by atoms with E-state index in [0.29, 0.717) is 55.8 Å². The molecule has 1 N–H and O–H groups in total. The quantitative estimate of drug-likeness (QED) is 0.364. The van der Waals surface area contributed by atoms with E-state index in [4.69, 9.17) is 4.74 Å². The van der Waals surface area contributed by atoms with Crippen molar-refractivity contribution in [3.05, 3.63) is 74.5 Å². The number of nitrogens with one attached hydrogen (secondary N) is 1. The Kier molecular flexibility index (Phi) is 7.33. The first-order valence-corrected chi connectivity index (χ1v) is 12.9. The van der Waals surface area contributed by atoms with Gasteiger partial charge in [-0.1, -0.05) is 40.2 Å². The number of rotatable bonds is 5. The molecule has 0 radical (unpaired) electrons. The van der Waals surface area contributed by atoms with Gasteiger partial charge in [0.25, 0.3) is 17.5 Å². The number of hydrogen-bond acceptors (Lipinski definition) is 7. The second-order valence-corrected chi connectivity index (χ2v) is 10.1. The summed E-state index contributed by atoms with van der Waals surface area (Å²) >= 11 is 3.32. The van der Waals surface area contributed by atoms with Crippen LogP contribution in [0.3, 0.4) is 0 Å². The maximum Gasteiger partial charge on any atom is 0.294 e. The number of hydrogen-bond donors (Lipinski definition) is 1. The Labute approximate surface area is 221 Å². The van der Waals surface area contributed by atoms with E-state index in [1.807, 2.05) is 24.3 Å². The number of fused-ring (bicyclic) bond motifs is 1. The maximum absolute atomic E-state index is 13.5. The first-order valence-electron chi connectivity index (χ1n) is 12.2. The van der Waals surface area contributed by atoms with E-state index < -0.39 is 4.92 Å². The van der Waals surface area contributed by atoms with Gasteiger partial charge in [-0.15, -0.1) is 0 Å². The lowest BCUT2D eigenvalue weighted by Crippen LogP contribution is -2.45. The highest BCUT2D eigenvalue weighted by molar-refractivity contribution is 9.10. The first-order chi connectivity index (χ1) is 17.9. The van der Waals surface area contributed by atoms with E-state index in [2.05, 4.69) is 26.2 Å². The molecule has 0 spiro atoms. The van der Waals surface area contributed by atoms with E-state index >= 15 is 0 Å². The van der Waals surface area contributed by atoms with Crippen LogP contribution in [0.25, 0.3) is 10.8 Å². The zero-order valence-corrected chi connectivity index (χ0v) is 21.6. The highest BCUT2D eigenvalue weighted by atomic mass is 79.9. The fourth-order valence-corrected chi connectivity index (χ4v) is 5.38. The van der Waals surface area contributed by atoms with Crippen molar-refractivity contribution in [3.63, 3.8) is 0 Å². The van der Waals surface area contributed by atoms with E-state index in [1.54, 1.807) is 28.3 Å². The molecule has 192 valence electrons. The Balaban J connectivity index is 1.42. The summed E-state index contributed by atoms with van der Waals surface area (Å²) in [5, 5.41) is 17.0. The molecule has 0 bridgehead atoms. The van der Waals surface area contributed by atoms with Crippen LogP contribution in [0.4, 0.5) is 11.4 Å². The number of benzene rings is 2. The lowest BCUT2D eigenvalue weighted by molar-refractivity contribution is -0.384. The Morgan fingerprint density at radius 2 is 1.81 bits per heavy atom. The molecule has 1 aromatic heterocycles. The molecule has 1 atom stereocenters. The van der Waals surface area contributed by atoms with Gasteiger partial charge in [0.2, 0.25) is 0 Å². The highest BCUT2D eigenvalue weighted by Gasteiger charge is 2.31. The molecule has 3 heterocycles. The number of amides is 2. The van der Waals surface area contributed by atoms with Gasteiger partial charge in [0.05, 0.1) is 29.3 Å². The smallest absolute Gasteiger partial charge is 0.294 e. The lowest BCUT2D eigenvalue weighted by atomic mass is 10.0. The minimum absolute atomic E-state index is 0.134. The molecule has 0 aliphatic carbocycles. The number of ether oxygens (including phenoxy) is 1. The Morgan fingerprint density at radius 3 is 2.59 bits per heavy atom. The zero-order chi connectivity index (χ0) is 25.9. The van der Waals surface area contributed by atoms with Crippen molar-refractivity contribution >= 4 is 49.9 Å². The average molecular weight is 568 g/mol. The summed E-state index contributed by atoms with van der Waals surface area (Å²) in [7, 11) is 0. The van der Waals surface area contributed by atoms with Gasteiger partial charge in [-0.2, -0.15) is 0 Å². The molecule has 0 unspecified atom stereocenters. The average Bonchev–Trinajstić information content (AvgIpc) is 2.93. The second kappa shape index (κ2) is 10.8. The van der Waals surface area contributed by atoms with Crippen molar-refractivity contribution in [2.75, 3.05) is 44.7 Å². The molecule has 2 fully saturated rings.